The minimum Gasteiger partial charge on any atom is -0.486 e. The van der Waals surface area contributed by atoms with Crippen molar-refractivity contribution in [2.75, 3.05) is 20.0 Å². The first kappa shape index (κ1) is 20.8. The summed E-state index contributed by atoms with van der Waals surface area (Å²) in [5.41, 5.74) is 6.13. The van der Waals surface area contributed by atoms with Gasteiger partial charge in [0.05, 0.1) is 11.9 Å². The topological polar surface area (TPSA) is 96.2 Å². The van der Waals surface area contributed by atoms with Crippen LogP contribution in [0.25, 0.3) is 16.9 Å². The smallest absolute Gasteiger partial charge is 0.271 e. The van der Waals surface area contributed by atoms with Crippen molar-refractivity contribution in [2.45, 2.75) is 0 Å². The number of hydrogen-bond acceptors (Lipinski definition) is 7. The number of amides is 1. The Kier molecular flexibility index (Phi) is 5.27. The van der Waals surface area contributed by atoms with Gasteiger partial charge >= 0.3 is 0 Å². The molecule has 0 aliphatic carbocycles. The lowest BCUT2D eigenvalue weighted by molar-refractivity contribution is 0.0954. The number of carbonyl (C=O) groups excluding carboxylic acids is 1. The highest BCUT2D eigenvalue weighted by molar-refractivity contribution is 5.96. The molecule has 4 aromatic rings. The zero-order valence-electron chi connectivity index (χ0n) is 18.5. The van der Waals surface area contributed by atoms with Gasteiger partial charge in [0.25, 0.3) is 5.91 Å². The normalized spacial score (nSPS) is 13.7. The molecule has 174 valence electrons. The van der Waals surface area contributed by atoms with E-state index in [1.54, 1.807) is 29.1 Å². The van der Waals surface area contributed by atoms with Gasteiger partial charge in [-0.1, -0.05) is 18.2 Å². The lowest BCUT2D eigenvalue weighted by Crippen LogP contribution is -2.17. The van der Waals surface area contributed by atoms with Crippen LogP contribution in [0.1, 0.15) is 15.9 Å². The molecule has 0 fully saturated rings. The SMILES string of the molecule is O=C(N/N=C/c1cn(-c2ccccc2)nc1-c1ccc2c(c1)OCCO2)c1ccc2c(c1)OCO2. The molecule has 0 bridgehead atoms. The maximum atomic E-state index is 12.6. The van der Waals surface area contributed by atoms with Gasteiger partial charge in [-0.25, -0.2) is 10.1 Å². The molecule has 0 atom stereocenters. The molecule has 1 amide bonds. The first-order valence-corrected chi connectivity index (χ1v) is 11.0. The molecule has 0 spiro atoms. The molecule has 3 aromatic carbocycles. The fraction of sp³-hybridized carbons (Fsp3) is 0.115. The van der Waals surface area contributed by atoms with Crippen molar-refractivity contribution >= 4 is 12.1 Å². The summed E-state index contributed by atoms with van der Waals surface area (Å²) in [7, 11) is 0. The average Bonchev–Trinajstić information content (AvgIpc) is 3.56. The Hall–Kier alpha value is -4.79. The van der Waals surface area contributed by atoms with Crippen LogP contribution in [-0.4, -0.2) is 41.9 Å². The number of ether oxygens (including phenoxy) is 4. The van der Waals surface area contributed by atoms with Gasteiger partial charge in [-0.05, 0) is 48.5 Å². The van der Waals surface area contributed by atoms with Crippen LogP contribution in [-0.2, 0) is 0 Å². The molecule has 0 saturated carbocycles. The number of nitrogens with one attached hydrogen (secondary N) is 1. The molecule has 2 aliphatic heterocycles. The van der Waals surface area contributed by atoms with Crippen LogP contribution in [0.2, 0.25) is 0 Å². The first-order chi connectivity index (χ1) is 17.2. The molecule has 9 heteroatoms. The molecule has 2 aliphatic rings. The van der Waals surface area contributed by atoms with Crippen LogP contribution in [0.15, 0.2) is 78.0 Å². The van der Waals surface area contributed by atoms with Crippen molar-refractivity contribution < 1.29 is 23.7 Å². The quantitative estimate of drug-likeness (QED) is 0.354. The number of benzene rings is 3. The van der Waals surface area contributed by atoms with Gasteiger partial charge in [0.1, 0.15) is 18.9 Å². The Morgan fingerprint density at radius 3 is 2.51 bits per heavy atom. The molecular formula is C26H20N4O5. The molecule has 0 unspecified atom stereocenters. The average molecular weight is 468 g/mol. The number of hydrazone groups is 1. The van der Waals surface area contributed by atoms with E-state index in [1.807, 2.05) is 54.7 Å². The second-order valence-corrected chi connectivity index (χ2v) is 7.84. The van der Waals surface area contributed by atoms with E-state index < -0.39 is 0 Å². The van der Waals surface area contributed by atoms with E-state index in [2.05, 4.69) is 10.5 Å². The summed E-state index contributed by atoms with van der Waals surface area (Å²) in [6.07, 6.45) is 3.43. The maximum absolute atomic E-state index is 12.6. The van der Waals surface area contributed by atoms with Gasteiger partial charge in [0.2, 0.25) is 6.79 Å². The lowest BCUT2D eigenvalue weighted by atomic mass is 10.1. The summed E-state index contributed by atoms with van der Waals surface area (Å²) < 4.78 is 23.8. The van der Waals surface area contributed by atoms with Crippen molar-refractivity contribution in [1.29, 1.82) is 0 Å². The number of hydrogen-bond donors (Lipinski definition) is 1. The monoisotopic (exact) mass is 468 g/mol. The van der Waals surface area contributed by atoms with Crippen molar-refractivity contribution in [3.63, 3.8) is 0 Å². The molecular weight excluding hydrogens is 448 g/mol. The summed E-state index contributed by atoms with van der Waals surface area (Å²) in [5, 5.41) is 8.97. The van der Waals surface area contributed by atoms with Gasteiger partial charge in [-0.15, -0.1) is 0 Å². The fourth-order valence-electron chi connectivity index (χ4n) is 3.87. The highest BCUT2D eigenvalue weighted by Gasteiger charge is 2.18. The standard InChI is InChI=1S/C26H20N4O5/c31-26(18-7-9-22-24(13-18)35-16-34-22)28-27-14-19-15-30(20-4-2-1-3-5-20)29-25(19)17-6-8-21-23(12-17)33-11-10-32-21/h1-9,12-15H,10-11,16H2,(H,28,31)/b27-14+. The molecule has 9 nitrogen and oxygen atoms in total. The van der Waals surface area contributed by atoms with Gasteiger partial charge < -0.3 is 18.9 Å². The van der Waals surface area contributed by atoms with E-state index in [1.165, 1.54) is 0 Å². The number of para-hydroxylation sites is 1. The van der Waals surface area contributed by atoms with Gasteiger partial charge in [0, 0.05) is 22.9 Å². The largest absolute Gasteiger partial charge is 0.486 e. The van der Waals surface area contributed by atoms with Crippen molar-refractivity contribution in [3.8, 4) is 39.9 Å². The van der Waals surface area contributed by atoms with Crippen LogP contribution in [0, 0.1) is 0 Å². The lowest BCUT2D eigenvalue weighted by Gasteiger charge is -2.18. The first-order valence-electron chi connectivity index (χ1n) is 11.0. The molecule has 0 saturated heterocycles. The fourth-order valence-corrected chi connectivity index (χ4v) is 3.87. The van der Waals surface area contributed by atoms with E-state index in [-0.39, 0.29) is 12.7 Å². The van der Waals surface area contributed by atoms with Crippen molar-refractivity contribution in [3.05, 3.63) is 84.1 Å². The molecule has 1 N–H and O–H groups in total. The summed E-state index contributed by atoms with van der Waals surface area (Å²) in [5.74, 6) is 2.15. The summed E-state index contributed by atoms with van der Waals surface area (Å²) in [6.45, 7) is 1.16. The highest BCUT2D eigenvalue weighted by Crippen LogP contribution is 2.35. The Bertz CT molecular complexity index is 1430. The Morgan fingerprint density at radius 1 is 0.886 bits per heavy atom. The van der Waals surface area contributed by atoms with Crippen LogP contribution in [0.5, 0.6) is 23.0 Å². The Balaban J connectivity index is 1.30. The van der Waals surface area contributed by atoms with E-state index in [9.17, 15) is 4.79 Å². The predicted octanol–water partition coefficient (Wildman–Crippen LogP) is 3.80. The van der Waals surface area contributed by atoms with Gasteiger partial charge in [-0.3, -0.25) is 4.79 Å². The molecule has 1 aromatic heterocycles. The maximum Gasteiger partial charge on any atom is 0.271 e. The van der Waals surface area contributed by atoms with Crippen LogP contribution >= 0.6 is 0 Å². The highest BCUT2D eigenvalue weighted by atomic mass is 16.7. The van der Waals surface area contributed by atoms with Crippen LogP contribution < -0.4 is 24.4 Å². The zero-order valence-corrected chi connectivity index (χ0v) is 18.5. The number of nitrogens with zero attached hydrogens (tertiary/aromatic N) is 3. The van der Waals surface area contributed by atoms with Crippen LogP contribution in [0.4, 0.5) is 0 Å². The third-order valence-electron chi connectivity index (χ3n) is 5.58. The third-order valence-corrected chi connectivity index (χ3v) is 5.58. The zero-order chi connectivity index (χ0) is 23.6. The summed E-state index contributed by atoms with van der Waals surface area (Å²) in [6, 6.07) is 20.4. The molecule has 35 heavy (non-hydrogen) atoms. The van der Waals surface area contributed by atoms with Crippen LogP contribution in [0.3, 0.4) is 0 Å². The second-order valence-electron chi connectivity index (χ2n) is 7.84. The third kappa shape index (κ3) is 4.15. The van der Waals surface area contributed by atoms with Crippen molar-refractivity contribution in [2.24, 2.45) is 5.10 Å². The van der Waals surface area contributed by atoms with Crippen molar-refractivity contribution in [1.82, 2.24) is 15.2 Å². The predicted molar refractivity (Wildman–Crippen MR) is 128 cm³/mol. The van der Waals surface area contributed by atoms with E-state index >= 15 is 0 Å². The van der Waals surface area contributed by atoms with E-state index in [0.29, 0.717) is 47.5 Å². The second kappa shape index (κ2) is 8.86. The summed E-state index contributed by atoms with van der Waals surface area (Å²) >= 11 is 0. The van der Waals surface area contributed by atoms with E-state index in [4.69, 9.17) is 24.0 Å². The van der Waals surface area contributed by atoms with Gasteiger partial charge in [0.15, 0.2) is 23.0 Å². The minimum absolute atomic E-state index is 0.145. The number of aromatic nitrogens is 2. The molecule has 0 radical (unpaired) electrons. The number of carbonyl (C=O) groups is 1. The van der Waals surface area contributed by atoms with Gasteiger partial charge in [-0.2, -0.15) is 10.2 Å². The molecule has 3 heterocycles. The number of fused-ring (bicyclic) bond motifs is 2. The Morgan fingerprint density at radius 2 is 1.63 bits per heavy atom. The van der Waals surface area contributed by atoms with E-state index in [0.717, 1.165) is 16.8 Å². The Labute approximate surface area is 200 Å². The minimum atomic E-state index is -0.365. The molecule has 6 rings (SSSR count). The summed E-state index contributed by atoms with van der Waals surface area (Å²) in [4.78, 5) is 12.6. The number of rotatable bonds is 5.